The lowest BCUT2D eigenvalue weighted by molar-refractivity contribution is -0.173. The summed E-state index contributed by atoms with van der Waals surface area (Å²) in [5.74, 6) is 0.709. The molecule has 1 aliphatic rings. The van der Waals surface area contributed by atoms with Crippen LogP contribution in [-0.2, 0) is 11.3 Å². The Morgan fingerprint density at radius 1 is 1.21 bits per heavy atom. The van der Waals surface area contributed by atoms with E-state index in [4.69, 9.17) is 17.0 Å². The van der Waals surface area contributed by atoms with Gasteiger partial charge in [-0.05, 0) is 56.1 Å². The largest absolute Gasteiger partial charge is 0.410 e. The number of alkyl halides is 3. The van der Waals surface area contributed by atoms with Crippen LogP contribution in [0.1, 0.15) is 48.5 Å². The molecule has 0 unspecified atom stereocenters. The van der Waals surface area contributed by atoms with Crippen LogP contribution in [-0.4, -0.2) is 43.9 Å². The summed E-state index contributed by atoms with van der Waals surface area (Å²) in [4.78, 5) is 0. The van der Waals surface area contributed by atoms with E-state index in [1.807, 2.05) is 39.0 Å². The third-order valence-corrected chi connectivity index (χ3v) is 6.30. The molecule has 0 saturated heterocycles. The number of aryl methyl sites for hydroxylation is 2. The van der Waals surface area contributed by atoms with Gasteiger partial charge in [0.25, 0.3) is 0 Å². The first kappa shape index (κ1) is 23.5. The third-order valence-electron chi connectivity index (χ3n) is 5.99. The predicted octanol–water partition coefficient (Wildman–Crippen LogP) is 5.51. The van der Waals surface area contributed by atoms with Gasteiger partial charge >= 0.3 is 6.18 Å². The van der Waals surface area contributed by atoms with E-state index in [2.05, 4.69) is 20.6 Å². The van der Waals surface area contributed by atoms with Gasteiger partial charge in [-0.1, -0.05) is 18.2 Å². The lowest BCUT2D eigenvalue weighted by Gasteiger charge is -2.33. The number of ether oxygens (including phenoxy) is 1. The second-order valence-corrected chi connectivity index (χ2v) is 8.63. The van der Waals surface area contributed by atoms with Crippen LogP contribution in [0.25, 0.3) is 11.5 Å². The van der Waals surface area contributed by atoms with Gasteiger partial charge in [-0.25, -0.2) is 4.68 Å². The summed E-state index contributed by atoms with van der Waals surface area (Å²) in [6.45, 7) is 7.54. The zero-order valence-corrected chi connectivity index (χ0v) is 19.6. The second kappa shape index (κ2) is 9.30. The van der Waals surface area contributed by atoms with E-state index in [-0.39, 0.29) is 6.42 Å². The monoisotopic (exact) mass is 480 g/mol. The Morgan fingerprint density at radius 3 is 2.70 bits per heavy atom. The van der Waals surface area contributed by atoms with Crippen molar-refractivity contribution in [2.24, 2.45) is 0 Å². The molecule has 7 nitrogen and oxygen atoms in total. The highest BCUT2D eigenvalue weighted by Crippen LogP contribution is 2.44. The SMILES string of the molecule is CCOCCCn1c(-c2cc3n(n2)[C@H](C(F)(F)F)C[C@H](c2ccc(C)c(C)c2)N3)n[nH]c1=S. The molecule has 0 spiro atoms. The topological polar surface area (TPSA) is 72.7 Å². The van der Waals surface area contributed by atoms with E-state index in [9.17, 15) is 13.2 Å². The molecule has 4 rings (SSSR count). The molecule has 11 heteroatoms. The normalized spacial score (nSPS) is 18.2. The van der Waals surface area contributed by atoms with Crippen molar-refractivity contribution >= 4 is 18.0 Å². The standard InChI is InChI=1S/C22H27F3N6OS/c1-4-32-9-5-8-30-20(27-28-21(30)33)17-12-19-26-16(15-7-6-13(2)14(3)10-15)11-18(22(23,24)25)31(19)29-17/h6-7,10,12,16,18,26H,4-5,8-9,11H2,1-3H3,(H,28,33)/t16-,18+/m1/s1. The lowest BCUT2D eigenvalue weighted by Crippen LogP contribution is -2.35. The van der Waals surface area contributed by atoms with E-state index in [1.165, 1.54) is 0 Å². The van der Waals surface area contributed by atoms with E-state index < -0.39 is 18.3 Å². The van der Waals surface area contributed by atoms with Crippen LogP contribution in [0.3, 0.4) is 0 Å². The van der Waals surface area contributed by atoms with Crippen LogP contribution >= 0.6 is 12.2 Å². The van der Waals surface area contributed by atoms with Gasteiger partial charge in [0.1, 0.15) is 11.5 Å². The zero-order chi connectivity index (χ0) is 23.8. The number of aromatic amines is 1. The van der Waals surface area contributed by atoms with E-state index >= 15 is 0 Å². The Kier molecular flexibility index (Phi) is 6.62. The number of anilines is 1. The van der Waals surface area contributed by atoms with Gasteiger partial charge in [-0.15, -0.1) is 0 Å². The van der Waals surface area contributed by atoms with Crippen molar-refractivity contribution in [3.8, 4) is 11.5 Å². The van der Waals surface area contributed by atoms with Crippen molar-refractivity contribution in [2.75, 3.05) is 18.5 Å². The highest BCUT2D eigenvalue weighted by Gasteiger charge is 2.46. The van der Waals surface area contributed by atoms with Gasteiger partial charge in [-0.2, -0.15) is 23.4 Å². The zero-order valence-electron chi connectivity index (χ0n) is 18.7. The maximum absolute atomic E-state index is 14.0. The Labute approximate surface area is 195 Å². The minimum absolute atomic E-state index is 0.151. The molecule has 33 heavy (non-hydrogen) atoms. The van der Waals surface area contributed by atoms with Crippen molar-refractivity contribution in [3.05, 3.63) is 45.7 Å². The van der Waals surface area contributed by atoms with Crippen LogP contribution in [0, 0.1) is 18.6 Å². The smallest absolute Gasteiger partial charge is 0.382 e. The maximum Gasteiger partial charge on any atom is 0.410 e. The van der Waals surface area contributed by atoms with Crippen molar-refractivity contribution in [1.82, 2.24) is 24.5 Å². The van der Waals surface area contributed by atoms with Gasteiger partial charge < -0.3 is 10.1 Å². The number of aromatic nitrogens is 5. The fraction of sp³-hybridized carbons (Fsp3) is 0.500. The number of rotatable bonds is 7. The highest BCUT2D eigenvalue weighted by molar-refractivity contribution is 7.71. The molecule has 2 aromatic heterocycles. The average Bonchev–Trinajstić information content (AvgIpc) is 3.35. The molecule has 0 aliphatic carbocycles. The second-order valence-electron chi connectivity index (χ2n) is 8.25. The van der Waals surface area contributed by atoms with Gasteiger partial charge in [0, 0.05) is 32.2 Å². The van der Waals surface area contributed by atoms with Crippen LogP contribution < -0.4 is 5.32 Å². The first-order valence-corrected chi connectivity index (χ1v) is 11.3. The van der Waals surface area contributed by atoms with E-state index in [0.29, 0.717) is 48.3 Å². The van der Waals surface area contributed by atoms with E-state index in [0.717, 1.165) is 21.4 Å². The summed E-state index contributed by atoms with van der Waals surface area (Å²) >= 11 is 5.32. The Bertz CT molecular complexity index is 1180. The molecular formula is C22H27F3N6OS. The van der Waals surface area contributed by atoms with Crippen LogP contribution in [0.5, 0.6) is 0 Å². The van der Waals surface area contributed by atoms with Crippen molar-refractivity contribution in [1.29, 1.82) is 0 Å². The lowest BCUT2D eigenvalue weighted by atomic mass is 9.94. The quantitative estimate of drug-likeness (QED) is 0.345. The van der Waals surface area contributed by atoms with Crippen LogP contribution in [0.4, 0.5) is 19.0 Å². The Hall–Kier alpha value is -2.66. The average molecular weight is 481 g/mol. The maximum atomic E-state index is 14.0. The predicted molar refractivity (Wildman–Crippen MR) is 122 cm³/mol. The van der Waals surface area contributed by atoms with Gasteiger partial charge in [-0.3, -0.25) is 9.67 Å². The minimum atomic E-state index is -4.44. The summed E-state index contributed by atoms with van der Waals surface area (Å²) in [5.41, 5.74) is 3.29. The fourth-order valence-electron chi connectivity index (χ4n) is 4.07. The molecule has 1 aromatic carbocycles. The van der Waals surface area contributed by atoms with Gasteiger partial charge in [0.2, 0.25) is 0 Å². The molecule has 1 aliphatic heterocycles. The Balaban J connectivity index is 1.68. The number of nitrogens with zero attached hydrogens (tertiary/aromatic N) is 4. The number of nitrogens with one attached hydrogen (secondary N) is 2. The third kappa shape index (κ3) is 4.84. The summed E-state index contributed by atoms with van der Waals surface area (Å²) in [6, 6.07) is 5.13. The number of fused-ring (bicyclic) bond motifs is 1. The molecule has 0 amide bonds. The molecule has 2 N–H and O–H groups in total. The molecule has 2 atom stereocenters. The van der Waals surface area contributed by atoms with Gasteiger partial charge in [0.05, 0.1) is 6.04 Å². The van der Waals surface area contributed by atoms with Crippen molar-refractivity contribution in [3.63, 3.8) is 0 Å². The molecule has 0 radical (unpaired) electrons. The number of hydrogen-bond acceptors (Lipinski definition) is 5. The van der Waals surface area contributed by atoms with Crippen molar-refractivity contribution < 1.29 is 17.9 Å². The molecular weight excluding hydrogens is 453 g/mol. The summed E-state index contributed by atoms with van der Waals surface area (Å²) in [6.07, 6.45) is -3.90. The van der Waals surface area contributed by atoms with E-state index in [1.54, 1.807) is 10.6 Å². The molecule has 0 fully saturated rings. The number of hydrogen-bond donors (Lipinski definition) is 2. The molecule has 0 bridgehead atoms. The van der Waals surface area contributed by atoms with Crippen molar-refractivity contribution in [2.45, 2.75) is 58.4 Å². The molecule has 3 heterocycles. The number of halogens is 3. The minimum Gasteiger partial charge on any atom is -0.382 e. The summed E-state index contributed by atoms with van der Waals surface area (Å²) < 4.78 is 50.6. The first-order chi connectivity index (χ1) is 15.7. The fourth-order valence-corrected chi connectivity index (χ4v) is 4.30. The molecule has 0 saturated carbocycles. The Morgan fingerprint density at radius 2 is 2.00 bits per heavy atom. The summed E-state index contributed by atoms with van der Waals surface area (Å²) in [5, 5.41) is 14.5. The van der Waals surface area contributed by atoms with Crippen LogP contribution in [0.15, 0.2) is 24.3 Å². The van der Waals surface area contributed by atoms with Gasteiger partial charge in [0.15, 0.2) is 16.6 Å². The van der Waals surface area contributed by atoms with Crippen LogP contribution in [0.2, 0.25) is 0 Å². The number of benzene rings is 1. The first-order valence-electron chi connectivity index (χ1n) is 10.9. The summed E-state index contributed by atoms with van der Waals surface area (Å²) in [7, 11) is 0. The number of H-pyrrole nitrogens is 1. The molecule has 3 aromatic rings. The molecule has 178 valence electrons. The highest BCUT2D eigenvalue weighted by atomic mass is 32.1.